The van der Waals surface area contributed by atoms with Gasteiger partial charge >= 0.3 is 5.97 Å². The fourth-order valence-electron chi connectivity index (χ4n) is 1.36. The number of nitrogens with zero attached hydrogens (tertiary/aromatic N) is 2. The minimum Gasteiger partial charge on any atom is -0.464 e. The number of rotatable bonds is 5. The van der Waals surface area contributed by atoms with Crippen molar-refractivity contribution in [1.29, 1.82) is 0 Å². The van der Waals surface area contributed by atoms with Crippen LogP contribution in [0.2, 0.25) is 0 Å². The molecule has 7 nitrogen and oxygen atoms in total. The molecule has 1 heterocycles. The summed E-state index contributed by atoms with van der Waals surface area (Å²) in [4.78, 5) is 27.5. The molecule has 0 aliphatic rings. The number of anilines is 2. The molecule has 2 aromatic rings. The maximum atomic E-state index is 12.0. The van der Waals surface area contributed by atoms with E-state index >= 15 is 0 Å². The van der Waals surface area contributed by atoms with Crippen molar-refractivity contribution in [1.82, 2.24) is 4.98 Å². The quantitative estimate of drug-likeness (QED) is 0.380. The topological polar surface area (TPSA) is 92.7 Å². The maximum Gasteiger partial charge on any atom is 0.364 e. The number of nitrogens with one attached hydrogen (secondary N) is 2. The van der Waals surface area contributed by atoms with Crippen LogP contribution in [0.1, 0.15) is 0 Å². The van der Waals surface area contributed by atoms with E-state index in [9.17, 15) is 9.59 Å². The summed E-state index contributed by atoms with van der Waals surface area (Å²) in [6.45, 7) is 0. The summed E-state index contributed by atoms with van der Waals surface area (Å²) in [5.74, 6) is -1.53. The van der Waals surface area contributed by atoms with Crippen LogP contribution in [0.5, 0.6) is 0 Å². The monoisotopic (exact) mass is 304 g/mol. The van der Waals surface area contributed by atoms with Crippen LogP contribution in [0, 0.1) is 0 Å². The minimum atomic E-state index is -0.840. The van der Waals surface area contributed by atoms with E-state index in [1.807, 2.05) is 6.07 Å². The zero-order valence-electron chi connectivity index (χ0n) is 11.1. The number of benzene rings is 1. The molecule has 8 heteroatoms. The van der Waals surface area contributed by atoms with Gasteiger partial charge < -0.3 is 4.74 Å². The Labute approximate surface area is 124 Å². The first-order valence-corrected chi connectivity index (χ1v) is 6.76. The molecular weight excluding hydrogens is 292 g/mol. The summed E-state index contributed by atoms with van der Waals surface area (Å²) >= 11 is 1.23. The summed E-state index contributed by atoms with van der Waals surface area (Å²) in [6.07, 6.45) is 1.54. The normalized spacial score (nSPS) is 10.8. The van der Waals surface area contributed by atoms with Crippen molar-refractivity contribution in [2.75, 3.05) is 17.9 Å². The number of carbonyl (C=O) groups is 2. The van der Waals surface area contributed by atoms with E-state index in [1.165, 1.54) is 24.6 Å². The summed E-state index contributed by atoms with van der Waals surface area (Å²) in [5, 5.41) is 8.35. The Kier molecular flexibility index (Phi) is 4.99. The Morgan fingerprint density at radius 1 is 1.29 bits per heavy atom. The molecule has 0 aliphatic heterocycles. The molecule has 108 valence electrons. The summed E-state index contributed by atoms with van der Waals surface area (Å²) < 4.78 is 4.55. The summed E-state index contributed by atoms with van der Waals surface area (Å²) in [7, 11) is 1.18. The molecule has 0 atom stereocenters. The molecule has 0 unspecified atom stereocenters. The highest BCUT2D eigenvalue weighted by Crippen LogP contribution is 2.10. The van der Waals surface area contributed by atoms with Crippen molar-refractivity contribution in [2.24, 2.45) is 5.10 Å². The molecule has 0 bridgehead atoms. The van der Waals surface area contributed by atoms with Gasteiger partial charge in [0.1, 0.15) is 0 Å². The van der Waals surface area contributed by atoms with Crippen LogP contribution in [0.15, 0.2) is 47.0 Å². The number of aromatic nitrogens is 1. The van der Waals surface area contributed by atoms with Crippen molar-refractivity contribution < 1.29 is 14.3 Å². The first-order chi connectivity index (χ1) is 10.2. The van der Waals surface area contributed by atoms with Gasteiger partial charge in [0.25, 0.3) is 5.91 Å². The lowest BCUT2D eigenvalue weighted by Gasteiger charge is -2.05. The van der Waals surface area contributed by atoms with Crippen molar-refractivity contribution in [3.8, 4) is 0 Å². The second-order valence-corrected chi connectivity index (χ2v) is 4.62. The number of hydrogen-bond acceptors (Lipinski definition) is 7. The minimum absolute atomic E-state index is 0.372. The van der Waals surface area contributed by atoms with Crippen LogP contribution in [-0.4, -0.2) is 29.7 Å². The van der Waals surface area contributed by atoms with Crippen molar-refractivity contribution in [2.45, 2.75) is 0 Å². The Hall–Kier alpha value is -2.74. The number of hydrazone groups is 1. The van der Waals surface area contributed by atoms with Crippen molar-refractivity contribution in [3.63, 3.8) is 0 Å². The molecule has 0 spiro atoms. The highest BCUT2D eigenvalue weighted by molar-refractivity contribution is 7.13. The van der Waals surface area contributed by atoms with Gasteiger partial charge in [0.05, 0.1) is 12.8 Å². The van der Waals surface area contributed by atoms with E-state index in [-0.39, 0.29) is 0 Å². The molecule has 0 aliphatic carbocycles. The summed E-state index contributed by atoms with van der Waals surface area (Å²) in [6, 6.07) is 8.93. The van der Waals surface area contributed by atoms with Gasteiger partial charge in [-0.2, -0.15) is 5.10 Å². The number of carbonyl (C=O) groups excluding carboxylic acids is 2. The standard InChI is InChI=1S/C13H12N4O3S/c1-20-12(19)10(11(18)15-13-14-7-8-21-13)17-16-9-5-3-2-4-6-9/h2-8,16H,1H3,(H,14,15,18). The van der Waals surface area contributed by atoms with Crippen molar-refractivity contribution in [3.05, 3.63) is 41.9 Å². The second kappa shape index (κ2) is 7.15. The van der Waals surface area contributed by atoms with Crippen LogP contribution in [0.25, 0.3) is 0 Å². The fourth-order valence-corrected chi connectivity index (χ4v) is 1.88. The average molecular weight is 304 g/mol. The molecule has 2 N–H and O–H groups in total. The van der Waals surface area contributed by atoms with Gasteiger partial charge in [-0.1, -0.05) is 18.2 Å². The van der Waals surface area contributed by atoms with E-state index in [2.05, 4.69) is 25.6 Å². The number of hydrogen-bond donors (Lipinski definition) is 2. The highest BCUT2D eigenvalue weighted by atomic mass is 32.1. The summed E-state index contributed by atoms with van der Waals surface area (Å²) in [5.41, 5.74) is 2.88. The van der Waals surface area contributed by atoms with Crippen LogP contribution < -0.4 is 10.7 Å². The van der Waals surface area contributed by atoms with Gasteiger partial charge in [-0.25, -0.2) is 9.78 Å². The second-order valence-electron chi connectivity index (χ2n) is 3.72. The third-order valence-electron chi connectivity index (χ3n) is 2.32. The number of esters is 1. The largest absolute Gasteiger partial charge is 0.464 e. The molecule has 0 radical (unpaired) electrons. The maximum absolute atomic E-state index is 12.0. The zero-order chi connectivity index (χ0) is 15.1. The van der Waals surface area contributed by atoms with Crippen LogP contribution in [-0.2, 0) is 14.3 Å². The first-order valence-electron chi connectivity index (χ1n) is 5.88. The lowest BCUT2D eigenvalue weighted by Crippen LogP contribution is -2.31. The van der Waals surface area contributed by atoms with E-state index < -0.39 is 17.6 Å². The van der Waals surface area contributed by atoms with Gasteiger partial charge in [-0.05, 0) is 12.1 Å². The number of amides is 1. The number of para-hydroxylation sites is 1. The molecule has 0 fully saturated rings. The van der Waals surface area contributed by atoms with E-state index in [0.717, 1.165) is 0 Å². The number of methoxy groups -OCH3 is 1. The molecule has 0 saturated heterocycles. The van der Waals surface area contributed by atoms with Gasteiger partial charge in [-0.15, -0.1) is 11.3 Å². The number of ether oxygens (including phenoxy) is 1. The lowest BCUT2D eigenvalue weighted by molar-refractivity contribution is -0.133. The predicted octanol–water partition coefficient (Wildman–Crippen LogP) is 1.72. The average Bonchev–Trinajstić information content (AvgIpc) is 3.01. The molecule has 21 heavy (non-hydrogen) atoms. The number of thiazole rings is 1. The predicted molar refractivity (Wildman–Crippen MR) is 80.3 cm³/mol. The van der Waals surface area contributed by atoms with Gasteiger partial charge in [0, 0.05) is 11.6 Å². The van der Waals surface area contributed by atoms with Gasteiger partial charge in [-0.3, -0.25) is 15.5 Å². The smallest absolute Gasteiger partial charge is 0.364 e. The Morgan fingerprint density at radius 2 is 2.05 bits per heavy atom. The van der Waals surface area contributed by atoms with E-state index in [1.54, 1.807) is 29.6 Å². The van der Waals surface area contributed by atoms with Crippen LogP contribution in [0.4, 0.5) is 10.8 Å². The van der Waals surface area contributed by atoms with E-state index in [4.69, 9.17) is 0 Å². The fraction of sp³-hybridized carbons (Fsp3) is 0.0769. The first kappa shape index (κ1) is 14.7. The third kappa shape index (κ3) is 4.11. The Morgan fingerprint density at radius 3 is 2.67 bits per heavy atom. The molecule has 1 aromatic heterocycles. The lowest BCUT2D eigenvalue weighted by atomic mass is 10.3. The van der Waals surface area contributed by atoms with E-state index in [0.29, 0.717) is 10.8 Å². The highest BCUT2D eigenvalue weighted by Gasteiger charge is 2.22. The Balaban J connectivity index is 2.14. The molecular formula is C13H12N4O3S. The van der Waals surface area contributed by atoms with Crippen LogP contribution in [0.3, 0.4) is 0 Å². The van der Waals surface area contributed by atoms with Crippen LogP contribution >= 0.6 is 11.3 Å². The molecule has 1 aromatic carbocycles. The zero-order valence-corrected chi connectivity index (χ0v) is 11.9. The van der Waals surface area contributed by atoms with Gasteiger partial charge in [0.15, 0.2) is 5.13 Å². The molecule has 0 saturated carbocycles. The third-order valence-corrected chi connectivity index (χ3v) is 3.01. The molecule has 1 amide bonds. The Bertz CT molecular complexity index is 641. The van der Waals surface area contributed by atoms with Gasteiger partial charge in [0.2, 0.25) is 5.71 Å². The molecule has 2 rings (SSSR count). The SMILES string of the molecule is COC(=O)C(=NNc1ccccc1)C(=O)Nc1nccs1. The van der Waals surface area contributed by atoms with Crippen molar-refractivity contribution >= 4 is 39.7 Å².